The summed E-state index contributed by atoms with van der Waals surface area (Å²) in [6.45, 7) is 7.46. The van der Waals surface area contributed by atoms with Crippen molar-refractivity contribution in [3.05, 3.63) is 17.5 Å². The van der Waals surface area contributed by atoms with Crippen LogP contribution in [0.2, 0.25) is 0 Å². The number of quaternary nitrogens is 1. The number of nitrogens with zero attached hydrogens (tertiary/aromatic N) is 2. The van der Waals surface area contributed by atoms with Gasteiger partial charge in [0.2, 0.25) is 0 Å². The Morgan fingerprint density at radius 2 is 2.13 bits per heavy atom. The number of halogens is 1. The van der Waals surface area contributed by atoms with Crippen LogP contribution in [0.1, 0.15) is 11.5 Å². The van der Waals surface area contributed by atoms with Crippen molar-refractivity contribution in [3.63, 3.8) is 0 Å². The van der Waals surface area contributed by atoms with Crippen molar-refractivity contribution in [1.82, 2.24) is 10.5 Å². The summed E-state index contributed by atoms with van der Waals surface area (Å²) in [6.07, 6.45) is 0. The Labute approximate surface area is 108 Å². The molecule has 0 bridgehead atoms. The largest absolute Gasteiger partial charge is 1.00 e. The number of hydrogen-bond acceptors (Lipinski definition) is 3. The summed E-state index contributed by atoms with van der Waals surface area (Å²) in [6, 6.07) is 2.03. The molecule has 0 atom stereocenters. The van der Waals surface area contributed by atoms with Gasteiger partial charge in [0.15, 0.2) is 5.76 Å². The Kier molecular flexibility index (Phi) is 4.54. The molecule has 0 radical (unpaired) electrons. The molecule has 2 heterocycles. The molecule has 0 amide bonds. The van der Waals surface area contributed by atoms with Crippen LogP contribution in [0.25, 0.3) is 0 Å². The first-order valence-corrected chi connectivity index (χ1v) is 5.14. The first kappa shape index (κ1) is 12.9. The molecule has 1 saturated heterocycles. The number of aryl methyl sites for hydroxylation is 1. The van der Waals surface area contributed by atoms with Crippen LogP contribution in [0, 0.1) is 6.92 Å². The lowest BCUT2D eigenvalue weighted by Gasteiger charge is -2.37. The van der Waals surface area contributed by atoms with E-state index < -0.39 is 0 Å². The zero-order valence-electron chi connectivity index (χ0n) is 9.29. The molecule has 5 heteroatoms. The third kappa shape index (κ3) is 3.42. The van der Waals surface area contributed by atoms with E-state index in [4.69, 9.17) is 4.52 Å². The highest BCUT2D eigenvalue weighted by Crippen LogP contribution is 2.13. The smallest absolute Gasteiger partial charge is 0.191 e. The molecular weight excluding hydrogens is 305 g/mol. The second kappa shape index (κ2) is 5.27. The number of rotatable bonds is 2. The quantitative estimate of drug-likeness (QED) is 0.485. The van der Waals surface area contributed by atoms with Gasteiger partial charge in [-0.15, -0.1) is 0 Å². The van der Waals surface area contributed by atoms with Crippen LogP contribution in [0.4, 0.5) is 0 Å². The van der Waals surface area contributed by atoms with Gasteiger partial charge < -0.3 is 38.3 Å². The molecular formula is C10H18IN3O. The van der Waals surface area contributed by atoms with E-state index in [2.05, 4.69) is 17.5 Å². The molecule has 1 aromatic rings. The van der Waals surface area contributed by atoms with Crippen molar-refractivity contribution in [2.24, 2.45) is 0 Å². The highest BCUT2D eigenvalue weighted by Gasteiger charge is 2.26. The maximum absolute atomic E-state index is 5.25. The van der Waals surface area contributed by atoms with Crippen LogP contribution in [-0.4, -0.2) is 42.9 Å². The summed E-state index contributed by atoms with van der Waals surface area (Å²) in [5, 5.41) is 7.28. The number of nitrogens with one attached hydrogen (secondary N) is 1. The van der Waals surface area contributed by atoms with Crippen LogP contribution in [0.5, 0.6) is 0 Å². The molecule has 1 aliphatic rings. The van der Waals surface area contributed by atoms with E-state index in [1.165, 1.54) is 13.1 Å². The molecule has 1 fully saturated rings. The third-order valence-corrected chi connectivity index (χ3v) is 2.87. The minimum atomic E-state index is 0. The maximum atomic E-state index is 5.25. The maximum Gasteiger partial charge on any atom is 0.191 e. The van der Waals surface area contributed by atoms with Crippen LogP contribution >= 0.6 is 0 Å². The predicted octanol–water partition coefficient (Wildman–Crippen LogP) is -2.46. The monoisotopic (exact) mass is 323 g/mol. The Morgan fingerprint density at radius 1 is 1.47 bits per heavy atom. The van der Waals surface area contributed by atoms with Gasteiger partial charge in [0.25, 0.3) is 0 Å². The van der Waals surface area contributed by atoms with Crippen molar-refractivity contribution in [2.45, 2.75) is 13.5 Å². The van der Waals surface area contributed by atoms with Crippen molar-refractivity contribution in [2.75, 3.05) is 33.2 Å². The lowest BCUT2D eigenvalue weighted by molar-refractivity contribution is -0.925. The average molecular weight is 323 g/mol. The van der Waals surface area contributed by atoms with Gasteiger partial charge in [-0.25, -0.2) is 0 Å². The van der Waals surface area contributed by atoms with E-state index in [0.717, 1.165) is 35.6 Å². The summed E-state index contributed by atoms with van der Waals surface area (Å²) >= 11 is 0. The first-order valence-electron chi connectivity index (χ1n) is 5.14. The molecule has 0 spiro atoms. The average Bonchev–Trinajstić information content (AvgIpc) is 2.51. The summed E-state index contributed by atoms with van der Waals surface area (Å²) in [7, 11) is 2.28. The molecule has 0 unspecified atom stereocenters. The number of aromatic nitrogens is 1. The minimum absolute atomic E-state index is 0. The lowest BCUT2D eigenvalue weighted by Crippen LogP contribution is -3.00. The number of likely N-dealkylation sites (N-methyl/N-ethyl adjacent to an activating group) is 1. The number of hydrogen-bond donors (Lipinski definition) is 1. The Bertz CT molecular complexity index is 307. The van der Waals surface area contributed by atoms with E-state index in [9.17, 15) is 0 Å². The molecule has 2 rings (SSSR count). The molecule has 15 heavy (non-hydrogen) atoms. The topological polar surface area (TPSA) is 38.1 Å². The van der Waals surface area contributed by atoms with Gasteiger partial charge in [0.05, 0.1) is 25.8 Å². The SMILES string of the molecule is Cc1cc(C[N+]2(C)CCNCC2)on1.[I-]. The molecule has 1 aromatic heterocycles. The molecule has 4 nitrogen and oxygen atoms in total. The van der Waals surface area contributed by atoms with Gasteiger partial charge in [-0.05, 0) is 6.92 Å². The van der Waals surface area contributed by atoms with Crippen LogP contribution in [0.15, 0.2) is 10.6 Å². The van der Waals surface area contributed by atoms with Gasteiger partial charge in [-0.2, -0.15) is 0 Å². The molecule has 86 valence electrons. The Morgan fingerprint density at radius 3 is 2.67 bits per heavy atom. The van der Waals surface area contributed by atoms with Gasteiger partial charge in [0.1, 0.15) is 6.54 Å². The Balaban J connectivity index is 0.00000112. The van der Waals surface area contributed by atoms with E-state index in [1.54, 1.807) is 0 Å². The third-order valence-electron chi connectivity index (χ3n) is 2.87. The fourth-order valence-electron chi connectivity index (χ4n) is 1.96. The highest BCUT2D eigenvalue weighted by atomic mass is 127. The molecule has 1 N–H and O–H groups in total. The van der Waals surface area contributed by atoms with E-state index >= 15 is 0 Å². The zero-order chi connectivity index (χ0) is 10.0. The normalized spacial score (nSPS) is 19.6. The van der Waals surface area contributed by atoms with Crippen LogP contribution < -0.4 is 29.3 Å². The van der Waals surface area contributed by atoms with Crippen molar-refractivity contribution in [1.29, 1.82) is 0 Å². The predicted molar refractivity (Wildman–Crippen MR) is 53.7 cm³/mol. The summed E-state index contributed by atoms with van der Waals surface area (Å²) in [4.78, 5) is 0. The summed E-state index contributed by atoms with van der Waals surface area (Å²) in [5.74, 6) is 1.01. The Hall–Kier alpha value is -0.140. The fourth-order valence-corrected chi connectivity index (χ4v) is 1.96. The van der Waals surface area contributed by atoms with Gasteiger partial charge in [-0.1, -0.05) is 5.16 Å². The van der Waals surface area contributed by atoms with E-state index in [-0.39, 0.29) is 24.0 Å². The molecule has 0 aromatic carbocycles. The minimum Gasteiger partial charge on any atom is -1.00 e. The van der Waals surface area contributed by atoms with E-state index in [1.807, 2.05) is 13.0 Å². The fraction of sp³-hybridized carbons (Fsp3) is 0.700. The number of piperazine rings is 1. The lowest BCUT2D eigenvalue weighted by atomic mass is 10.2. The van der Waals surface area contributed by atoms with Gasteiger partial charge in [-0.3, -0.25) is 0 Å². The van der Waals surface area contributed by atoms with Crippen LogP contribution in [-0.2, 0) is 6.54 Å². The van der Waals surface area contributed by atoms with Gasteiger partial charge >= 0.3 is 0 Å². The second-order valence-corrected chi connectivity index (χ2v) is 4.41. The summed E-state index contributed by atoms with van der Waals surface area (Å²) in [5.41, 5.74) is 0.974. The van der Waals surface area contributed by atoms with E-state index in [0.29, 0.717) is 0 Å². The van der Waals surface area contributed by atoms with Crippen molar-refractivity contribution < 1.29 is 33.0 Å². The summed E-state index contributed by atoms with van der Waals surface area (Å²) < 4.78 is 6.30. The molecule has 1 aliphatic heterocycles. The van der Waals surface area contributed by atoms with Crippen molar-refractivity contribution in [3.8, 4) is 0 Å². The second-order valence-electron chi connectivity index (χ2n) is 4.41. The van der Waals surface area contributed by atoms with Crippen LogP contribution in [0.3, 0.4) is 0 Å². The molecule has 0 saturated carbocycles. The van der Waals surface area contributed by atoms with Crippen molar-refractivity contribution >= 4 is 0 Å². The van der Waals surface area contributed by atoms with Gasteiger partial charge in [0, 0.05) is 19.2 Å². The first-order chi connectivity index (χ1) is 6.68. The highest BCUT2D eigenvalue weighted by molar-refractivity contribution is 5.01. The molecule has 0 aliphatic carbocycles. The standard InChI is InChI=1S/C10H18N3O.HI/c1-9-7-10(14-12-9)8-13(2)5-3-11-4-6-13;/h7,11H,3-6,8H2,1-2H3;1H/q+1;/p-1. The zero-order valence-corrected chi connectivity index (χ0v) is 11.5.